The molecule has 1 aliphatic heterocycles. The molecule has 1 heterocycles. The van der Waals surface area contributed by atoms with Crippen LogP contribution in [-0.4, -0.2) is 104 Å². The van der Waals surface area contributed by atoms with Gasteiger partial charge in [0.1, 0.15) is 6.29 Å². The molecule has 0 radical (unpaired) electrons. The van der Waals surface area contributed by atoms with E-state index in [1.807, 2.05) is 0 Å². The Labute approximate surface area is 389 Å². The average Bonchev–Trinajstić information content (AvgIpc) is 3.75. The summed E-state index contributed by atoms with van der Waals surface area (Å²) in [6.45, 7) is 20.8. The summed E-state index contributed by atoms with van der Waals surface area (Å²) >= 11 is 0. The first-order valence-electron chi connectivity index (χ1n) is 28.5. The number of likely N-dealkylation sites (tertiary alicyclic amines) is 1. The van der Waals surface area contributed by atoms with E-state index in [0.717, 1.165) is 71.4 Å². The molecule has 0 aromatic rings. The van der Waals surface area contributed by atoms with Gasteiger partial charge in [0.2, 0.25) is 5.91 Å². The van der Waals surface area contributed by atoms with Crippen LogP contribution in [0.3, 0.4) is 0 Å². The van der Waals surface area contributed by atoms with Crippen LogP contribution in [0, 0.1) is 5.92 Å². The lowest BCUT2D eigenvalue weighted by molar-refractivity contribution is -0.131. The topological polar surface area (TPSA) is 47.1 Å². The smallest absolute Gasteiger partial charge is 0.236 e. The zero-order chi connectivity index (χ0) is 44.8. The van der Waals surface area contributed by atoms with E-state index in [4.69, 9.17) is 0 Å². The number of amides is 1. The number of carbonyl (C=O) groups is 2. The highest BCUT2D eigenvalue weighted by Crippen LogP contribution is 2.20. The number of aldehydes is 1. The van der Waals surface area contributed by atoms with Crippen molar-refractivity contribution in [2.24, 2.45) is 5.92 Å². The van der Waals surface area contributed by atoms with Crippen LogP contribution in [0.2, 0.25) is 0 Å². The molecule has 1 fully saturated rings. The maximum absolute atomic E-state index is 14.1. The van der Waals surface area contributed by atoms with Gasteiger partial charge in [-0.25, -0.2) is 0 Å². The second-order valence-corrected chi connectivity index (χ2v) is 20.2. The van der Waals surface area contributed by atoms with Crippen LogP contribution in [-0.2, 0) is 9.59 Å². The highest BCUT2D eigenvalue weighted by Gasteiger charge is 2.28. The fraction of sp³-hybridized carbons (Fsp3) is 0.964. The summed E-state index contributed by atoms with van der Waals surface area (Å²) in [5.74, 6) is 0.963. The Bertz CT molecular complexity index is 914. The molecule has 0 aromatic heterocycles. The predicted octanol–water partition coefficient (Wildman–Crippen LogP) is 15.5. The Morgan fingerprint density at radius 2 is 0.742 bits per heavy atom. The average molecular weight is 874 g/mol. The van der Waals surface area contributed by atoms with E-state index in [-0.39, 0.29) is 0 Å². The van der Waals surface area contributed by atoms with Gasteiger partial charge >= 0.3 is 0 Å². The van der Waals surface area contributed by atoms with Crippen molar-refractivity contribution >= 4 is 12.2 Å². The molecule has 1 atom stereocenters. The zero-order valence-corrected chi connectivity index (χ0v) is 42.9. The van der Waals surface area contributed by atoms with E-state index in [1.165, 1.54) is 238 Å². The summed E-state index contributed by atoms with van der Waals surface area (Å²) in [6.07, 6.45) is 51.4. The third-order valence-electron chi connectivity index (χ3n) is 14.1. The Hall–Kier alpha value is -0.980. The van der Waals surface area contributed by atoms with Crippen LogP contribution >= 0.6 is 0 Å². The van der Waals surface area contributed by atoms with Crippen LogP contribution < -0.4 is 0 Å². The maximum Gasteiger partial charge on any atom is 0.236 e. The van der Waals surface area contributed by atoms with E-state index in [0.29, 0.717) is 24.8 Å². The van der Waals surface area contributed by atoms with Gasteiger partial charge in [-0.05, 0) is 83.6 Å². The minimum Gasteiger partial charge on any atom is -0.341 e. The van der Waals surface area contributed by atoms with E-state index < -0.39 is 0 Å². The van der Waals surface area contributed by atoms with Gasteiger partial charge in [-0.2, -0.15) is 0 Å². The Balaban J connectivity index is 2.73. The van der Waals surface area contributed by atoms with Gasteiger partial charge < -0.3 is 19.5 Å². The van der Waals surface area contributed by atoms with E-state index in [1.54, 1.807) is 0 Å². The molecule has 0 bridgehead atoms. The molecule has 0 spiro atoms. The fourth-order valence-electron chi connectivity index (χ4n) is 9.84. The standard InChI is InChI=1S/C56H112N4O2/c1-5-9-13-17-21-22-23-24-25-29-33-38-45-58(46-40-34-35-41-51-61)52-55-42-48-60(53-55)56(62)54-59(47-39-32-28-20-16-12-8-4)50-49-57(43-36-30-26-18-14-10-6-2)44-37-31-27-19-15-11-7-3/h51,55H,5-50,52-54H2,1-4H3. The molecule has 1 saturated heterocycles. The van der Waals surface area contributed by atoms with Crippen molar-refractivity contribution in [3.05, 3.63) is 0 Å². The van der Waals surface area contributed by atoms with Crippen LogP contribution in [0.4, 0.5) is 0 Å². The molecular formula is C56H112N4O2. The van der Waals surface area contributed by atoms with Gasteiger partial charge in [-0.3, -0.25) is 9.69 Å². The summed E-state index contributed by atoms with van der Waals surface area (Å²) in [5.41, 5.74) is 0. The van der Waals surface area contributed by atoms with Gasteiger partial charge in [0.15, 0.2) is 0 Å². The summed E-state index contributed by atoms with van der Waals surface area (Å²) < 4.78 is 0. The van der Waals surface area contributed by atoms with Crippen molar-refractivity contribution < 1.29 is 9.59 Å². The minimum atomic E-state index is 0.377. The zero-order valence-electron chi connectivity index (χ0n) is 42.9. The van der Waals surface area contributed by atoms with Crippen molar-refractivity contribution in [3.63, 3.8) is 0 Å². The molecule has 62 heavy (non-hydrogen) atoms. The summed E-state index contributed by atoms with van der Waals surface area (Å²) in [6, 6.07) is 0. The first kappa shape index (κ1) is 59.0. The lowest BCUT2D eigenvalue weighted by atomic mass is 10.0. The van der Waals surface area contributed by atoms with Gasteiger partial charge in [0.05, 0.1) is 6.54 Å². The van der Waals surface area contributed by atoms with Crippen LogP contribution in [0.5, 0.6) is 0 Å². The Morgan fingerprint density at radius 3 is 1.13 bits per heavy atom. The summed E-state index contributed by atoms with van der Waals surface area (Å²) in [7, 11) is 0. The molecule has 1 unspecified atom stereocenters. The highest BCUT2D eigenvalue weighted by molar-refractivity contribution is 5.78. The third kappa shape index (κ3) is 37.3. The summed E-state index contributed by atoms with van der Waals surface area (Å²) in [4.78, 5) is 35.3. The first-order valence-corrected chi connectivity index (χ1v) is 28.5. The number of carbonyl (C=O) groups excluding carboxylic acids is 2. The molecule has 0 N–H and O–H groups in total. The lowest BCUT2D eigenvalue weighted by Crippen LogP contribution is -2.43. The van der Waals surface area contributed by atoms with Gasteiger partial charge in [-0.15, -0.1) is 0 Å². The quantitative estimate of drug-likeness (QED) is 0.0450. The molecule has 0 aliphatic carbocycles. The Morgan fingerprint density at radius 1 is 0.419 bits per heavy atom. The first-order chi connectivity index (χ1) is 30.6. The van der Waals surface area contributed by atoms with Gasteiger partial charge in [0.25, 0.3) is 0 Å². The summed E-state index contributed by atoms with van der Waals surface area (Å²) in [5, 5.41) is 0. The number of hydrogen-bond donors (Lipinski definition) is 0. The largest absolute Gasteiger partial charge is 0.341 e. The SMILES string of the molecule is CCCCCCCCCCCCCCN(CCCCCC=O)CC1CCN(C(=O)CN(CCCCCCCCC)CCN(CCCCCCCCC)CCCCCCCCC)C1. The molecule has 0 saturated carbocycles. The predicted molar refractivity (Wildman–Crippen MR) is 274 cm³/mol. The van der Waals surface area contributed by atoms with Crippen molar-refractivity contribution in [3.8, 4) is 0 Å². The number of unbranched alkanes of at least 4 members (excludes halogenated alkanes) is 32. The normalized spacial score (nSPS) is 14.4. The van der Waals surface area contributed by atoms with Crippen LogP contribution in [0.15, 0.2) is 0 Å². The second kappa shape index (κ2) is 46.5. The fourth-order valence-corrected chi connectivity index (χ4v) is 9.84. The van der Waals surface area contributed by atoms with Crippen molar-refractivity contribution in [2.45, 2.75) is 272 Å². The van der Waals surface area contributed by atoms with E-state index in [9.17, 15) is 9.59 Å². The van der Waals surface area contributed by atoms with E-state index in [2.05, 4.69) is 47.3 Å². The molecule has 0 aromatic carbocycles. The highest BCUT2D eigenvalue weighted by atomic mass is 16.2. The van der Waals surface area contributed by atoms with Gasteiger partial charge in [-0.1, -0.05) is 220 Å². The monoisotopic (exact) mass is 873 g/mol. The molecule has 368 valence electrons. The maximum atomic E-state index is 14.1. The van der Waals surface area contributed by atoms with Crippen molar-refractivity contribution in [2.75, 3.05) is 72.0 Å². The number of rotatable bonds is 50. The number of hydrogen-bond acceptors (Lipinski definition) is 5. The number of nitrogens with zero attached hydrogens (tertiary/aromatic N) is 4. The lowest BCUT2D eigenvalue weighted by Gasteiger charge is -2.29. The van der Waals surface area contributed by atoms with E-state index >= 15 is 0 Å². The van der Waals surface area contributed by atoms with Crippen molar-refractivity contribution in [1.82, 2.24) is 19.6 Å². The molecular weight excluding hydrogens is 761 g/mol. The van der Waals surface area contributed by atoms with Gasteiger partial charge in [0, 0.05) is 39.1 Å². The van der Waals surface area contributed by atoms with Crippen LogP contribution in [0.25, 0.3) is 0 Å². The van der Waals surface area contributed by atoms with Crippen LogP contribution in [0.1, 0.15) is 272 Å². The molecule has 6 heteroatoms. The minimum absolute atomic E-state index is 0.377. The Kier molecular flexibility index (Phi) is 44.3. The molecule has 1 rings (SSSR count). The molecule has 6 nitrogen and oxygen atoms in total. The van der Waals surface area contributed by atoms with Crippen molar-refractivity contribution in [1.29, 1.82) is 0 Å². The third-order valence-corrected chi connectivity index (χ3v) is 14.1. The molecule has 1 amide bonds. The molecule has 1 aliphatic rings. The second-order valence-electron chi connectivity index (χ2n) is 20.2.